The first-order valence-electron chi connectivity index (χ1n) is 9.52. The molecule has 0 spiro atoms. The maximum atomic E-state index is 12.2. The number of rotatable bonds is 8. The molecule has 2 heterocycles. The van der Waals surface area contributed by atoms with Gasteiger partial charge in [-0.3, -0.25) is 10.1 Å². The van der Waals surface area contributed by atoms with Crippen LogP contribution in [0.2, 0.25) is 0 Å². The summed E-state index contributed by atoms with van der Waals surface area (Å²) in [5.41, 5.74) is 1.84. The molecule has 7 nitrogen and oxygen atoms in total. The summed E-state index contributed by atoms with van der Waals surface area (Å²) in [7, 11) is 1.58. The molecule has 0 radical (unpaired) electrons. The molecular formula is C22H21N3O4S. The highest BCUT2D eigenvalue weighted by atomic mass is 32.2. The van der Waals surface area contributed by atoms with Gasteiger partial charge in [0.1, 0.15) is 0 Å². The van der Waals surface area contributed by atoms with Crippen molar-refractivity contribution in [3.8, 4) is 17.4 Å². The zero-order chi connectivity index (χ0) is 20.9. The van der Waals surface area contributed by atoms with Crippen molar-refractivity contribution >= 4 is 34.7 Å². The maximum absolute atomic E-state index is 12.2. The molecule has 0 fully saturated rings. The number of aryl methyl sites for hydroxylation is 1. The molecule has 1 N–H and O–H groups in total. The van der Waals surface area contributed by atoms with Crippen molar-refractivity contribution < 1.29 is 18.4 Å². The van der Waals surface area contributed by atoms with E-state index in [1.165, 1.54) is 10.5 Å². The maximum Gasteiger partial charge on any atom is 0.322 e. The lowest BCUT2D eigenvalue weighted by molar-refractivity contribution is -0.116. The third-order valence-electron chi connectivity index (χ3n) is 4.45. The van der Waals surface area contributed by atoms with E-state index in [1.807, 2.05) is 18.2 Å². The molecule has 2 aromatic heterocycles. The predicted octanol–water partition coefficient (Wildman–Crippen LogP) is 5.31. The first-order valence-corrected chi connectivity index (χ1v) is 10.5. The van der Waals surface area contributed by atoms with E-state index in [-0.39, 0.29) is 17.8 Å². The summed E-state index contributed by atoms with van der Waals surface area (Å²) in [6, 6.07) is 15.8. The van der Waals surface area contributed by atoms with Gasteiger partial charge in [0.2, 0.25) is 5.91 Å². The molecule has 0 saturated carbocycles. The summed E-state index contributed by atoms with van der Waals surface area (Å²) in [4.78, 5) is 13.3. The second-order valence-corrected chi connectivity index (χ2v) is 7.88. The third kappa shape index (κ3) is 4.65. The molecule has 0 aliphatic heterocycles. The lowest BCUT2D eigenvalue weighted by Gasteiger charge is -2.02. The molecule has 154 valence electrons. The molecule has 4 aromatic rings. The second kappa shape index (κ2) is 9.04. The second-order valence-electron chi connectivity index (χ2n) is 6.71. The molecule has 8 heteroatoms. The number of carbonyl (C=O) groups is 1. The van der Waals surface area contributed by atoms with Gasteiger partial charge in [-0.25, -0.2) is 0 Å². The number of hydrogen-bond donors (Lipinski definition) is 1. The molecule has 30 heavy (non-hydrogen) atoms. The van der Waals surface area contributed by atoms with Crippen molar-refractivity contribution in [2.24, 2.45) is 0 Å². The number of benzene rings is 2. The number of aromatic nitrogens is 2. The summed E-state index contributed by atoms with van der Waals surface area (Å²) >= 11 is 1.73. The van der Waals surface area contributed by atoms with Crippen LogP contribution in [0.3, 0.4) is 0 Å². The minimum absolute atomic E-state index is 0.0496. The van der Waals surface area contributed by atoms with Gasteiger partial charge >= 0.3 is 6.01 Å². The van der Waals surface area contributed by atoms with Crippen LogP contribution in [0.5, 0.6) is 5.75 Å². The summed E-state index contributed by atoms with van der Waals surface area (Å²) in [5.74, 6) is 1.92. The van der Waals surface area contributed by atoms with Crippen LogP contribution in [0.4, 0.5) is 6.01 Å². The quantitative estimate of drug-likeness (QED) is 0.303. The van der Waals surface area contributed by atoms with Crippen LogP contribution >= 0.6 is 11.8 Å². The highest BCUT2D eigenvalue weighted by Crippen LogP contribution is 2.33. The lowest BCUT2D eigenvalue weighted by atomic mass is 10.2. The van der Waals surface area contributed by atoms with Crippen LogP contribution in [0, 0.1) is 6.92 Å². The number of carbonyl (C=O) groups excluding carboxylic acids is 1. The standard InChI is InChI=1S/C22H21N3O4S/c1-14-8-10-16(11-9-14)30-12-4-7-19(26)23-22-25-24-21(29-22)18-13-15-5-3-6-17(27-2)20(15)28-18/h3,5-6,8-11,13H,4,7,12H2,1-2H3,(H,23,25,26). The minimum atomic E-state index is -0.166. The first-order chi connectivity index (χ1) is 14.6. The van der Waals surface area contributed by atoms with Gasteiger partial charge in [-0.2, -0.15) is 0 Å². The molecular weight excluding hydrogens is 402 g/mol. The molecule has 0 aliphatic rings. The van der Waals surface area contributed by atoms with Crippen LogP contribution in [0.25, 0.3) is 22.6 Å². The van der Waals surface area contributed by atoms with Crippen LogP contribution < -0.4 is 10.1 Å². The lowest BCUT2D eigenvalue weighted by Crippen LogP contribution is -2.11. The van der Waals surface area contributed by atoms with Crippen molar-refractivity contribution in [1.82, 2.24) is 10.2 Å². The van der Waals surface area contributed by atoms with E-state index in [0.717, 1.165) is 17.6 Å². The van der Waals surface area contributed by atoms with E-state index in [2.05, 4.69) is 46.7 Å². The fourth-order valence-electron chi connectivity index (χ4n) is 2.91. The van der Waals surface area contributed by atoms with Crippen molar-refractivity contribution in [3.63, 3.8) is 0 Å². The molecule has 0 unspecified atom stereocenters. The van der Waals surface area contributed by atoms with Crippen LogP contribution in [0.15, 0.2) is 62.3 Å². The molecule has 0 bridgehead atoms. The summed E-state index contributed by atoms with van der Waals surface area (Å²) in [6.45, 7) is 2.06. The Morgan fingerprint density at radius 1 is 1.13 bits per heavy atom. The monoisotopic (exact) mass is 423 g/mol. The summed E-state index contributed by atoms with van der Waals surface area (Å²) in [5, 5.41) is 11.3. The van der Waals surface area contributed by atoms with Gasteiger partial charge in [0.25, 0.3) is 5.89 Å². The van der Waals surface area contributed by atoms with Gasteiger partial charge in [-0.05, 0) is 43.4 Å². The highest BCUT2D eigenvalue weighted by molar-refractivity contribution is 7.99. The minimum Gasteiger partial charge on any atom is -0.493 e. The number of thioether (sulfide) groups is 1. The average Bonchev–Trinajstić information content (AvgIpc) is 3.39. The van der Waals surface area contributed by atoms with Crippen LogP contribution in [-0.4, -0.2) is 29.0 Å². The predicted molar refractivity (Wildman–Crippen MR) is 116 cm³/mol. The highest BCUT2D eigenvalue weighted by Gasteiger charge is 2.16. The zero-order valence-electron chi connectivity index (χ0n) is 16.7. The van der Waals surface area contributed by atoms with E-state index in [1.54, 1.807) is 24.9 Å². The van der Waals surface area contributed by atoms with E-state index in [9.17, 15) is 4.79 Å². The number of hydrogen-bond acceptors (Lipinski definition) is 7. The van der Waals surface area contributed by atoms with Crippen LogP contribution in [-0.2, 0) is 4.79 Å². The Morgan fingerprint density at radius 3 is 2.77 bits per heavy atom. The molecule has 0 atom stereocenters. The number of methoxy groups -OCH3 is 1. The number of furan rings is 1. The van der Waals surface area contributed by atoms with E-state index >= 15 is 0 Å². The van der Waals surface area contributed by atoms with E-state index in [4.69, 9.17) is 13.6 Å². The number of fused-ring (bicyclic) bond motifs is 1. The topological polar surface area (TPSA) is 90.4 Å². The van der Waals surface area contributed by atoms with Gasteiger partial charge in [0.15, 0.2) is 17.1 Å². The van der Waals surface area contributed by atoms with Gasteiger partial charge in [0.05, 0.1) is 7.11 Å². The van der Waals surface area contributed by atoms with Crippen molar-refractivity contribution in [2.75, 3.05) is 18.2 Å². The molecule has 4 rings (SSSR count). The molecule has 0 saturated heterocycles. The molecule has 2 aromatic carbocycles. The van der Waals surface area contributed by atoms with Gasteiger partial charge in [-0.15, -0.1) is 16.9 Å². The van der Waals surface area contributed by atoms with Gasteiger partial charge < -0.3 is 13.6 Å². The SMILES string of the molecule is COc1cccc2cc(-c3nnc(NC(=O)CCCSc4ccc(C)cc4)o3)oc12. The number of nitrogens with zero attached hydrogens (tertiary/aromatic N) is 2. The van der Waals surface area contributed by atoms with Crippen molar-refractivity contribution in [1.29, 1.82) is 0 Å². The van der Waals surface area contributed by atoms with E-state index in [0.29, 0.717) is 23.5 Å². The smallest absolute Gasteiger partial charge is 0.322 e. The summed E-state index contributed by atoms with van der Waals surface area (Å²) < 4.78 is 16.6. The number of para-hydroxylation sites is 1. The Labute approximate surface area is 177 Å². The van der Waals surface area contributed by atoms with E-state index < -0.39 is 0 Å². The Kier molecular flexibility index (Phi) is 6.04. The fraction of sp³-hybridized carbons (Fsp3) is 0.227. The van der Waals surface area contributed by atoms with Crippen LogP contribution in [0.1, 0.15) is 18.4 Å². The Balaban J connectivity index is 1.31. The number of amides is 1. The first kappa shape index (κ1) is 20.0. The Morgan fingerprint density at radius 2 is 1.97 bits per heavy atom. The number of anilines is 1. The van der Waals surface area contributed by atoms with Crippen molar-refractivity contribution in [2.45, 2.75) is 24.7 Å². The fourth-order valence-corrected chi connectivity index (χ4v) is 3.77. The largest absolute Gasteiger partial charge is 0.493 e. The average molecular weight is 423 g/mol. The molecule has 0 aliphatic carbocycles. The van der Waals surface area contributed by atoms with Gasteiger partial charge in [0, 0.05) is 16.7 Å². The zero-order valence-corrected chi connectivity index (χ0v) is 17.5. The summed E-state index contributed by atoms with van der Waals surface area (Å²) in [6.07, 6.45) is 1.12. The normalized spacial score (nSPS) is 11.0. The third-order valence-corrected chi connectivity index (χ3v) is 5.55. The Hall–Kier alpha value is -3.26. The number of nitrogens with one attached hydrogen (secondary N) is 1. The Bertz CT molecular complexity index is 1150. The molecule has 1 amide bonds. The number of ether oxygens (including phenoxy) is 1. The van der Waals surface area contributed by atoms with Gasteiger partial charge in [-0.1, -0.05) is 34.9 Å². The van der Waals surface area contributed by atoms with Crippen molar-refractivity contribution in [3.05, 3.63) is 54.1 Å².